The number of halogens is 1. The van der Waals surface area contributed by atoms with Crippen LogP contribution in [0.25, 0.3) is 0 Å². The number of ether oxygens (including phenoxy) is 1. The number of hydrogen-bond donors (Lipinski definition) is 2. The Morgan fingerprint density at radius 2 is 2.30 bits per heavy atom. The summed E-state index contributed by atoms with van der Waals surface area (Å²) in [5, 5.41) is 11.3. The summed E-state index contributed by atoms with van der Waals surface area (Å²) in [5.74, 6) is 4.00. The summed E-state index contributed by atoms with van der Waals surface area (Å²) >= 11 is 0. The summed E-state index contributed by atoms with van der Waals surface area (Å²) in [4.78, 5) is 12.0. The van der Waals surface area contributed by atoms with Gasteiger partial charge < -0.3 is 15.2 Å². The predicted octanol–water partition coefficient (Wildman–Crippen LogP) is 1.32. The molecular weight excluding hydrogens is 261 g/mol. The first-order chi connectivity index (χ1) is 9.58. The third-order valence-corrected chi connectivity index (χ3v) is 2.66. The van der Waals surface area contributed by atoms with E-state index in [0.717, 1.165) is 0 Å². The quantitative estimate of drug-likeness (QED) is 0.799. The molecule has 5 heteroatoms. The summed E-state index contributed by atoms with van der Waals surface area (Å²) in [6, 6.07) is 3.91. The molecule has 1 amide bonds. The number of nitrogens with one attached hydrogen (secondary N) is 1. The lowest BCUT2D eigenvalue weighted by atomic mass is 10.1. The van der Waals surface area contributed by atoms with Gasteiger partial charge in [0, 0.05) is 25.3 Å². The van der Waals surface area contributed by atoms with Gasteiger partial charge in [-0.2, -0.15) is 0 Å². The monoisotopic (exact) mass is 279 g/mol. The van der Waals surface area contributed by atoms with E-state index in [9.17, 15) is 9.18 Å². The lowest BCUT2D eigenvalue weighted by Gasteiger charge is -2.13. The van der Waals surface area contributed by atoms with Crippen LogP contribution < -0.4 is 5.32 Å². The average Bonchev–Trinajstić information content (AvgIpc) is 2.44. The van der Waals surface area contributed by atoms with Gasteiger partial charge in [-0.05, 0) is 31.5 Å². The van der Waals surface area contributed by atoms with E-state index in [-0.39, 0.29) is 18.2 Å². The highest BCUT2D eigenvalue weighted by Gasteiger charge is 2.14. The Bertz CT molecular complexity index is 520. The molecule has 20 heavy (non-hydrogen) atoms. The Hall–Kier alpha value is -1.90. The van der Waals surface area contributed by atoms with Crippen LogP contribution in [0.4, 0.5) is 4.39 Å². The first kappa shape index (κ1) is 16.2. The van der Waals surface area contributed by atoms with E-state index in [4.69, 9.17) is 9.84 Å². The highest BCUT2D eigenvalue weighted by Crippen LogP contribution is 2.10. The number of carbonyl (C=O) groups excluding carboxylic acids is 1. The average molecular weight is 279 g/mol. The molecule has 0 aliphatic rings. The van der Waals surface area contributed by atoms with E-state index in [0.29, 0.717) is 18.6 Å². The summed E-state index contributed by atoms with van der Waals surface area (Å²) in [7, 11) is 1.58. The second-order valence-corrected chi connectivity index (χ2v) is 4.31. The minimum absolute atomic E-state index is 0.0565. The summed E-state index contributed by atoms with van der Waals surface area (Å²) in [5.41, 5.74) is 0.425. The molecule has 0 saturated heterocycles. The van der Waals surface area contributed by atoms with Crippen LogP contribution in [-0.4, -0.2) is 37.4 Å². The standard InChI is InChI=1S/C15H18FNO3/c1-11(7-9-20-2)17-15(19)13-10-12(4-3-8-18)5-6-14(13)16/h5-6,10-11,18H,7-9H2,1-2H3,(H,17,19). The molecule has 1 aromatic rings. The van der Waals surface area contributed by atoms with Crippen molar-refractivity contribution in [2.75, 3.05) is 20.3 Å². The van der Waals surface area contributed by atoms with Crippen LogP contribution in [0, 0.1) is 17.7 Å². The first-order valence-electron chi connectivity index (χ1n) is 6.27. The van der Waals surface area contributed by atoms with Crippen molar-refractivity contribution in [2.24, 2.45) is 0 Å². The molecule has 1 atom stereocenters. The Morgan fingerprint density at radius 1 is 1.55 bits per heavy atom. The van der Waals surface area contributed by atoms with Crippen molar-refractivity contribution in [1.82, 2.24) is 5.32 Å². The Labute approximate surface area is 117 Å². The SMILES string of the molecule is COCCC(C)NC(=O)c1cc(C#CCO)ccc1F. The zero-order valence-corrected chi connectivity index (χ0v) is 11.6. The van der Waals surface area contributed by atoms with Crippen LogP contribution in [0.2, 0.25) is 0 Å². The zero-order chi connectivity index (χ0) is 15.0. The fourth-order valence-corrected chi connectivity index (χ4v) is 1.59. The highest BCUT2D eigenvalue weighted by molar-refractivity contribution is 5.95. The molecule has 0 saturated carbocycles. The lowest BCUT2D eigenvalue weighted by Crippen LogP contribution is -2.33. The molecule has 0 aromatic heterocycles. The summed E-state index contributed by atoms with van der Waals surface area (Å²) in [6.45, 7) is 2.06. The highest BCUT2D eigenvalue weighted by atomic mass is 19.1. The molecule has 108 valence electrons. The number of rotatable bonds is 5. The first-order valence-corrected chi connectivity index (χ1v) is 6.27. The summed E-state index contributed by atoms with van der Waals surface area (Å²) < 4.78 is 18.6. The molecule has 0 spiro atoms. The molecule has 4 nitrogen and oxygen atoms in total. The maximum Gasteiger partial charge on any atom is 0.254 e. The molecule has 0 radical (unpaired) electrons. The Morgan fingerprint density at radius 3 is 2.95 bits per heavy atom. The fourth-order valence-electron chi connectivity index (χ4n) is 1.59. The van der Waals surface area contributed by atoms with Gasteiger partial charge in [0.2, 0.25) is 0 Å². The molecule has 0 fully saturated rings. The minimum Gasteiger partial charge on any atom is -0.385 e. The van der Waals surface area contributed by atoms with Crippen LogP contribution in [0.15, 0.2) is 18.2 Å². The van der Waals surface area contributed by atoms with Crippen LogP contribution in [-0.2, 0) is 4.74 Å². The molecule has 1 aromatic carbocycles. The van der Waals surface area contributed by atoms with Gasteiger partial charge in [-0.25, -0.2) is 4.39 Å². The second kappa shape index (κ2) is 8.31. The van der Waals surface area contributed by atoms with Crippen molar-refractivity contribution in [1.29, 1.82) is 0 Å². The van der Waals surface area contributed by atoms with Crippen molar-refractivity contribution >= 4 is 5.91 Å². The maximum atomic E-state index is 13.7. The number of aliphatic hydroxyl groups is 1. The molecule has 1 rings (SSSR count). The largest absolute Gasteiger partial charge is 0.385 e. The number of aliphatic hydroxyl groups excluding tert-OH is 1. The molecule has 2 N–H and O–H groups in total. The van der Waals surface area contributed by atoms with Crippen molar-refractivity contribution in [3.8, 4) is 11.8 Å². The van der Waals surface area contributed by atoms with Gasteiger partial charge in [-0.1, -0.05) is 11.8 Å². The van der Waals surface area contributed by atoms with Gasteiger partial charge in [-0.15, -0.1) is 0 Å². The van der Waals surface area contributed by atoms with Crippen molar-refractivity contribution < 1.29 is 19.0 Å². The molecule has 0 aliphatic heterocycles. The molecule has 0 aliphatic carbocycles. The van der Waals surface area contributed by atoms with E-state index >= 15 is 0 Å². The number of methoxy groups -OCH3 is 1. The minimum atomic E-state index is -0.601. The normalized spacial score (nSPS) is 11.4. The Kier molecular flexibility index (Phi) is 6.71. The smallest absolute Gasteiger partial charge is 0.254 e. The lowest BCUT2D eigenvalue weighted by molar-refractivity contribution is 0.0925. The van der Waals surface area contributed by atoms with Crippen molar-refractivity contribution in [3.05, 3.63) is 35.1 Å². The molecule has 0 bridgehead atoms. The van der Waals surface area contributed by atoms with Crippen LogP contribution >= 0.6 is 0 Å². The van der Waals surface area contributed by atoms with Gasteiger partial charge in [0.05, 0.1) is 5.56 Å². The van der Waals surface area contributed by atoms with E-state index < -0.39 is 11.7 Å². The van der Waals surface area contributed by atoms with Gasteiger partial charge in [0.1, 0.15) is 12.4 Å². The fraction of sp³-hybridized carbons (Fsp3) is 0.400. The van der Waals surface area contributed by atoms with Crippen molar-refractivity contribution in [2.45, 2.75) is 19.4 Å². The van der Waals surface area contributed by atoms with Gasteiger partial charge >= 0.3 is 0 Å². The third kappa shape index (κ3) is 5.00. The van der Waals surface area contributed by atoms with Crippen LogP contribution in [0.3, 0.4) is 0 Å². The van der Waals surface area contributed by atoms with Crippen LogP contribution in [0.5, 0.6) is 0 Å². The topological polar surface area (TPSA) is 58.6 Å². The summed E-state index contributed by atoms with van der Waals surface area (Å²) in [6.07, 6.45) is 0.647. The van der Waals surface area contributed by atoms with Gasteiger partial charge in [0.15, 0.2) is 0 Å². The second-order valence-electron chi connectivity index (χ2n) is 4.31. The van der Waals surface area contributed by atoms with E-state index in [1.807, 2.05) is 6.92 Å². The zero-order valence-electron chi connectivity index (χ0n) is 11.6. The number of carbonyl (C=O) groups is 1. The van der Waals surface area contributed by atoms with Crippen LogP contribution in [0.1, 0.15) is 29.3 Å². The van der Waals surface area contributed by atoms with E-state index in [1.165, 1.54) is 18.2 Å². The van der Waals surface area contributed by atoms with Gasteiger partial charge in [0.25, 0.3) is 5.91 Å². The predicted molar refractivity (Wildman–Crippen MR) is 73.8 cm³/mol. The number of hydrogen-bond acceptors (Lipinski definition) is 3. The molecule has 1 unspecified atom stereocenters. The molecule has 0 heterocycles. The number of benzene rings is 1. The maximum absolute atomic E-state index is 13.7. The number of amides is 1. The van der Waals surface area contributed by atoms with E-state index in [1.54, 1.807) is 7.11 Å². The van der Waals surface area contributed by atoms with Gasteiger partial charge in [-0.3, -0.25) is 4.79 Å². The molecular formula is C15H18FNO3. The Balaban J connectivity index is 2.81. The third-order valence-electron chi connectivity index (χ3n) is 2.66. The van der Waals surface area contributed by atoms with E-state index in [2.05, 4.69) is 17.2 Å². The van der Waals surface area contributed by atoms with Crippen molar-refractivity contribution in [3.63, 3.8) is 0 Å².